The van der Waals surface area contributed by atoms with Gasteiger partial charge in [0, 0.05) is 50.8 Å². The average Bonchev–Trinajstić information content (AvgIpc) is 2.23. The van der Waals surface area contributed by atoms with Crippen molar-refractivity contribution in [2.45, 2.75) is 58.7 Å². The summed E-state index contributed by atoms with van der Waals surface area (Å²) in [4.78, 5) is 18.9. The van der Waals surface area contributed by atoms with E-state index in [9.17, 15) is 4.79 Å². The highest BCUT2D eigenvalue weighted by atomic mass is 16.6. The maximum absolute atomic E-state index is 12.0. The van der Waals surface area contributed by atoms with Crippen molar-refractivity contribution in [2.24, 2.45) is 0 Å². The molecule has 2 heterocycles. The fraction of sp³-hybridized carbons (Fsp3) is 0.938. The summed E-state index contributed by atoms with van der Waals surface area (Å²) < 4.78 is 5.44. The summed E-state index contributed by atoms with van der Waals surface area (Å²) in [7, 11) is 0. The molecular weight excluding hydrogens is 266 g/mol. The molecule has 5 nitrogen and oxygen atoms in total. The Labute approximate surface area is 129 Å². The lowest BCUT2D eigenvalue weighted by atomic mass is 9.96. The lowest BCUT2D eigenvalue weighted by molar-refractivity contribution is -0.0413. The molecule has 122 valence electrons. The van der Waals surface area contributed by atoms with Crippen molar-refractivity contribution in [3.63, 3.8) is 0 Å². The van der Waals surface area contributed by atoms with Crippen molar-refractivity contribution in [3.8, 4) is 0 Å². The topological polar surface area (TPSA) is 36.0 Å². The Balaban J connectivity index is 1.74. The van der Waals surface area contributed by atoms with Gasteiger partial charge in [0.1, 0.15) is 5.60 Å². The van der Waals surface area contributed by atoms with Crippen LogP contribution in [0, 0.1) is 0 Å². The van der Waals surface area contributed by atoms with Gasteiger partial charge in [-0.2, -0.15) is 0 Å². The minimum absolute atomic E-state index is 0.174. The zero-order valence-electron chi connectivity index (χ0n) is 14.5. The molecule has 0 aromatic rings. The molecular formula is C16H31N3O2. The van der Waals surface area contributed by atoms with Crippen LogP contribution in [0.5, 0.6) is 0 Å². The van der Waals surface area contributed by atoms with E-state index in [1.807, 2.05) is 25.7 Å². The number of piperazine rings is 1. The fourth-order valence-electron chi connectivity index (χ4n) is 2.83. The van der Waals surface area contributed by atoms with Crippen molar-refractivity contribution in [3.05, 3.63) is 0 Å². The smallest absolute Gasteiger partial charge is 0.410 e. The molecule has 0 bridgehead atoms. The second kappa shape index (κ2) is 5.76. The molecule has 0 saturated carbocycles. The number of hydrogen-bond acceptors (Lipinski definition) is 4. The quantitative estimate of drug-likeness (QED) is 0.742. The van der Waals surface area contributed by atoms with E-state index < -0.39 is 5.60 Å². The molecule has 5 heteroatoms. The van der Waals surface area contributed by atoms with Crippen molar-refractivity contribution < 1.29 is 9.53 Å². The average molecular weight is 297 g/mol. The van der Waals surface area contributed by atoms with E-state index in [0.29, 0.717) is 6.04 Å². The third-order valence-electron chi connectivity index (χ3n) is 4.29. The molecule has 0 aromatic carbocycles. The van der Waals surface area contributed by atoms with Crippen LogP contribution in [0.15, 0.2) is 0 Å². The molecule has 1 amide bonds. The van der Waals surface area contributed by atoms with Crippen molar-refractivity contribution in [1.29, 1.82) is 0 Å². The molecule has 0 spiro atoms. The van der Waals surface area contributed by atoms with Gasteiger partial charge in [-0.1, -0.05) is 0 Å². The predicted molar refractivity (Wildman–Crippen MR) is 84.5 cm³/mol. The number of nitrogens with zero attached hydrogens (tertiary/aromatic N) is 3. The highest BCUT2D eigenvalue weighted by Gasteiger charge is 2.39. The Morgan fingerprint density at radius 3 is 1.90 bits per heavy atom. The molecule has 0 atom stereocenters. The van der Waals surface area contributed by atoms with E-state index in [1.54, 1.807) is 0 Å². The van der Waals surface area contributed by atoms with Crippen LogP contribution >= 0.6 is 0 Å². The number of amides is 1. The second-order valence-corrected chi connectivity index (χ2v) is 8.23. The first-order valence-electron chi connectivity index (χ1n) is 8.03. The highest BCUT2D eigenvalue weighted by Crippen LogP contribution is 2.25. The third kappa shape index (κ3) is 4.33. The summed E-state index contributed by atoms with van der Waals surface area (Å²) in [5, 5.41) is 0. The first-order chi connectivity index (χ1) is 9.56. The summed E-state index contributed by atoms with van der Waals surface area (Å²) in [6.07, 6.45) is -0.174. The minimum atomic E-state index is -0.407. The lowest BCUT2D eigenvalue weighted by Gasteiger charge is -2.52. The van der Waals surface area contributed by atoms with Gasteiger partial charge < -0.3 is 9.64 Å². The maximum atomic E-state index is 12.0. The first-order valence-corrected chi connectivity index (χ1v) is 8.03. The largest absolute Gasteiger partial charge is 0.444 e. The van der Waals surface area contributed by atoms with Gasteiger partial charge in [0.15, 0.2) is 0 Å². The van der Waals surface area contributed by atoms with Crippen LogP contribution in [0.4, 0.5) is 4.79 Å². The van der Waals surface area contributed by atoms with Gasteiger partial charge in [0.05, 0.1) is 0 Å². The van der Waals surface area contributed by atoms with Crippen LogP contribution in [0.1, 0.15) is 41.5 Å². The monoisotopic (exact) mass is 297 g/mol. The van der Waals surface area contributed by atoms with Gasteiger partial charge in [0.2, 0.25) is 0 Å². The van der Waals surface area contributed by atoms with Crippen molar-refractivity contribution in [2.75, 3.05) is 39.3 Å². The zero-order chi connectivity index (χ0) is 15.8. The summed E-state index contributed by atoms with van der Waals surface area (Å²) in [5.41, 5.74) is -0.135. The number of rotatable bonds is 1. The molecule has 2 aliphatic rings. The molecule has 2 rings (SSSR count). The number of ether oxygens (including phenoxy) is 1. The van der Waals surface area contributed by atoms with E-state index in [0.717, 1.165) is 39.3 Å². The van der Waals surface area contributed by atoms with Crippen LogP contribution < -0.4 is 0 Å². The van der Waals surface area contributed by atoms with Crippen LogP contribution in [0.25, 0.3) is 0 Å². The van der Waals surface area contributed by atoms with Crippen LogP contribution in [0.2, 0.25) is 0 Å². The Kier molecular flexibility index (Phi) is 4.54. The maximum Gasteiger partial charge on any atom is 0.410 e. The fourth-order valence-corrected chi connectivity index (χ4v) is 2.83. The Hall–Kier alpha value is -0.810. The summed E-state index contributed by atoms with van der Waals surface area (Å²) in [6, 6.07) is 0.657. The molecule has 21 heavy (non-hydrogen) atoms. The van der Waals surface area contributed by atoms with E-state index >= 15 is 0 Å². The Bertz CT molecular complexity index is 370. The standard InChI is InChI=1S/C16H31N3O2/c1-15(2,3)19-11-13(12-19)17-7-9-18(10-8-17)14(20)21-16(4,5)6/h13H,7-12H2,1-6H3. The Morgan fingerprint density at radius 2 is 1.48 bits per heavy atom. The van der Waals surface area contributed by atoms with E-state index in [2.05, 4.69) is 30.6 Å². The van der Waals surface area contributed by atoms with Crippen LogP contribution in [0.3, 0.4) is 0 Å². The number of carbonyl (C=O) groups excluding carboxylic acids is 1. The van der Waals surface area contributed by atoms with Gasteiger partial charge >= 0.3 is 6.09 Å². The van der Waals surface area contributed by atoms with Gasteiger partial charge in [-0.25, -0.2) is 4.79 Å². The van der Waals surface area contributed by atoms with E-state index in [1.165, 1.54) is 0 Å². The molecule has 0 N–H and O–H groups in total. The molecule has 0 aromatic heterocycles. The first kappa shape index (κ1) is 16.6. The summed E-state index contributed by atoms with van der Waals surface area (Å²) >= 11 is 0. The Morgan fingerprint density at radius 1 is 0.952 bits per heavy atom. The summed E-state index contributed by atoms with van der Waals surface area (Å²) in [5.74, 6) is 0. The minimum Gasteiger partial charge on any atom is -0.444 e. The summed E-state index contributed by atoms with van der Waals surface area (Å²) in [6.45, 7) is 18.3. The SMILES string of the molecule is CC(C)(C)OC(=O)N1CCN(C2CN(C(C)(C)C)C2)CC1. The highest BCUT2D eigenvalue weighted by molar-refractivity contribution is 5.68. The van der Waals surface area contributed by atoms with E-state index in [4.69, 9.17) is 4.74 Å². The van der Waals surface area contributed by atoms with Gasteiger partial charge in [-0.3, -0.25) is 9.80 Å². The van der Waals surface area contributed by atoms with E-state index in [-0.39, 0.29) is 11.6 Å². The molecule has 2 saturated heterocycles. The zero-order valence-corrected chi connectivity index (χ0v) is 14.5. The lowest BCUT2D eigenvalue weighted by Crippen LogP contribution is -2.67. The van der Waals surface area contributed by atoms with Crippen LogP contribution in [-0.2, 0) is 4.74 Å². The van der Waals surface area contributed by atoms with Gasteiger partial charge in [-0.05, 0) is 41.5 Å². The number of likely N-dealkylation sites (tertiary alicyclic amines) is 1. The normalized spacial score (nSPS) is 23.0. The van der Waals surface area contributed by atoms with Crippen LogP contribution in [-0.4, -0.2) is 77.2 Å². The number of hydrogen-bond donors (Lipinski definition) is 0. The molecule has 2 fully saturated rings. The van der Waals surface area contributed by atoms with Crippen molar-refractivity contribution in [1.82, 2.24) is 14.7 Å². The number of carbonyl (C=O) groups is 1. The molecule has 2 aliphatic heterocycles. The molecule has 0 aliphatic carbocycles. The molecule has 0 unspecified atom stereocenters. The van der Waals surface area contributed by atoms with Gasteiger partial charge in [-0.15, -0.1) is 0 Å². The predicted octanol–water partition coefficient (Wildman–Crippen LogP) is 2.02. The second-order valence-electron chi connectivity index (χ2n) is 8.23. The van der Waals surface area contributed by atoms with Crippen molar-refractivity contribution >= 4 is 6.09 Å². The molecule has 0 radical (unpaired) electrons. The van der Waals surface area contributed by atoms with Gasteiger partial charge in [0.25, 0.3) is 0 Å². The third-order valence-corrected chi connectivity index (χ3v) is 4.29.